The Labute approximate surface area is 81.0 Å². The lowest BCUT2D eigenvalue weighted by molar-refractivity contribution is -0.0152. The number of hydrogen-bond acceptors (Lipinski definition) is 3. The molecule has 0 saturated carbocycles. The van der Waals surface area contributed by atoms with Gasteiger partial charge in [-0.1, -0.05) is 6.92 Å². The lowest BCUT2D eigenvalue weighted by Gasteiger charge is -2.21. The van der Waals surface area contributed by atoms with Crippen LogP contribution < -0.4 is 0 Å². The molecule has 2 unspecified atom stereocenters. The number of aliphatic hydroxyl groups is 1. The van der Waals surface area contributed by atoms with Crippen LogP contribution in [0.1, 0.15) is 27.2 Å². The van der Waals surface area contributed by atoms with Gasteiger partial charge in [-0.3, -0.25) is 0 Å². The Kier molecular flexibility index (Phi) is 8.40. The molecule has 0 rings (SSSR count). The molecule has 0 heterocycles. The zero-order valence-corrected chi connectivity index (χ0v) is 8.95. The van der Waals surface area contributed by atoms with E-state index in [4.69, 9.17) is 14.6 Å². The fourth-order valence-corrected chi connectivity index (χ4v) is 1.21. The number of ether oxygens (including phenoxy) is 2. The maximum Gasteiger partial charge on any atom is 0.0644 e. The Bertz CT molecular complexity index is 106. The van der Waals surface area contributed by atoms with Gasteiger partial charge in [0.1, 0.15) is 0 Å². The number of aliphatic hydroxyl groups excluding tert-OH is 1. The van der Waals surface area contributed by atoms with Gasteiger partial charge in [-0.15, -0.1) is 0 Å². The van der Waals surface area contributed by atoms with Crippen LogP contribution in [-0.2, 0) is 9.47 Å². The Morgan fingerprint density at radius 3 is 2.38 bits per heavy atom. The molecular weight excluding hydrogens is 168 g/mol. The molecule has 2 atom stereocenters. The monoisotopic (exact) mass is 190 g/mol. The van der Waals surface area contributed by atoms with Gasteiger partial charge in [0.2, 0.25) is 0 Å². The van der Waals surface area contributed by atoms with Gasteiger partial charge >= 0.3 is 0 Å². The van der Waals surface area contributed by atoms with Gasteiger partial charge in [-0.2, -0.15) is 0 Å². The fourth-order valence-electron chi connectivity index (χ4n) is 1.21. The average molecular weight is 190 g/mol. The molecule has 3 nitrogen and oxygen atoms in total. The highest BCUT2D eigenvalue weighted by Crippen LogP contribution is 2.10. The highest BCUT2D eigenvalue weighted by atomic mass is 16.5. The molecule has 0 fully saturated rings. The average Bonchev–Trinajstić information content (AvgIpc) is 2.16. The van der Waals surface area contributed by atoms with Crippen molar-refractivity contribution in [1.29, 1.82) is 0 Å². The minimum Gasteiger partial charge on any atom is -0.396 e. The first-order valence-corrected chi connectivity index (χ1v) is 5.06. The fraction of sp³-hybridized carbons (Fsp3) is 1.00. The SMILES string of the molecule is CCOCCC(OCC)C(C)CO. The Hall–Kier alpha value is -0.120. The van der Waals surface area contributed by atoms with E-state index >= 15 is 0 Å². The van der Waals surface area contributed by atoms with Crippen LogP contribution in [0.15, 0.2) is 0 Å². The molecule has 0 aromatic heterocycles. The maximum atomic E-state index is 8.97. The number of rotatable bonds is 8. The summed E-state index contributed by atoms with van der Waals surface area (Å²) in [5, 5.41) is 8.97. The van der Waals surface area contributed by atoms with Crippen molar-refractivity contribution in [1.82, 2.24) is 0 Å². The standard InChI is InChI=1S/C10H22O3/c1-4-12-7-6-10(13-5-2)9(3)8-11/h9-11H,4-8H2,1-3H3. The second-order valence-electron chi connectivity index (χ2n) is 3.14. The predicted octanol–water partition coefficient (Wildman–Crippen LogP) is 1.45. The molecule has 0 radical (unpaired) electrons. The quantitative estimate of drug-likeness (QED) is 0.589. The maximum absolute atomic E-state index is 8.97. The van der Waals surface area contributed by atoms with Crippen LogP contribution in [0.2, 0.25) is 0 Å². The van der Waals surface area contributed by atoms with Crippen LogP contribution in [0.5, 0.6) is 0 Å². The summed E-state index contributed by atoms with van der Waals surface area (Å²) >= 11 is 0. The third-order valence-electron chi connectivity index (χ3n) is 2.05. The lowest BCUT2D eigenvalue weighted by Crippen LogP contribution is -2.26. The van der Waals surface area contributed by atoms with Crippen LogP contribution in [0.4, 0.5) is 0 Å². The van der Waals surface area contributed by atoms with Crippen molar-refractivity contribution in [2.75, 3.05) is 26.4 Å². The summed E-state index contributed by atoms with van der Waals surface area (Å²) in [4.78, 5) is 0. The second kappa shape index (κ2) is 8.48. The van der Waals surface area contributed by atoms with Crippen molar-refractivity contribution in [2.45, 2.75) is 33.3 Å². The minimum atomic E-state index is 0.126. The summed E-state index contributed by atoms with van der Waals surface area (Å²) in [7, 11) is 0. The predicted molar refractivity (Wildman–Crippen MR) is 52.8 cm³/mol. The van der Waals surface area contributed by atoms with E-state index in [9.17, 15) is 0 Å². The van der Waals surface area contributed by atoms with Crippen molar-refractivity contribution in [3.05, 3.63) is 0 Å². The van der Waals surface area contributed by atoms with Gasteiger partial charge in [0.15, 0.2) is 0 Å². The van der Waals surface area contributed by atoms with E-state index in [1.54, 1.807) is 0 Å². The highest BCUT2D eigenvalue weighted by molar-refractivity contribution is 4.65. The smallest absolute Gasteiger partial charge is 0.0644 e. The van der Waals surface area contributed by atoms with E-state index in [1.807, 2.05) is 20.8 Å². The Morgan fingerprint density at radius 2 is 1.92 bits per heavy atom. The molecule has 0 saturated heterocycles. The third kappa shape index (κ3) is 6.02. The summed E-state index contributed by atoms with van der Waals surface area (Å²) in [6.45, 7) is 8.27. The molecule has 0 amide bonds. The van der Waals surface area contributed by atoms with Gasteiger partial charge in [-0.25, -0.2) is 0 Å². The molecule has 0 bridgehead atoms. The van der Waals surface area contributed by atoms with Gasteiger partial charge in [0.25, 0.3) is 0 Å². The van der Waals surface area contributed by atoms with Crippen LogP contribution in [-0.4, -0.2) is 37.6 Å². The molecule has 0 aliphatic rings. The first-order chi connectivity index (χ1) is 6.26. The topological polar surface area (TPSA) is 38.7 Å². The summed E-state index contributed by atoms with van der Waals surface area (Å²) in [5.74, 6) is 0.195. The molecule has 0 aliphatic heterocycles. The molecule has 0 spiro atoms. The zero-order valence-electron chi connectivity index (χ0n) is 8.95. The van der Waals surface area contributed by atoms with Crippen LogP contribution in [0.25, 0.3) is 0 Å². The van der Waals surface area contributed by atoms with Crippen molar-refractivity contribution in [3.63, 3.8) is 0 Å². The van der Waals surface area contributed by atoms with Crippen LogP contribution in [0, 0.1) is 5.92 Å². The van der Waals surface area contributed by atoms with Crippen molar-refractivity contribution >= 4 is 0 Å². The van der Waals surface area contributed by atoms with E-state index in [0.717, 1.165) is 13.0 Å². The summed E-state index contributed by atoms with van der Waals surface area (Å²) in [6, 6.07) is 0. The van der Waals surface area contributed by atoms with Gasteiger partial charge in [-0.05, 0) is 20.3 Å². The molecule has 0 aliphatic carbocycles. The van der Waals surface area contributed by atoms with E-state index in [0.29, 0.717) is 13.2 Å². The largest absolute Gasteiger partial charge is 0.396 e. The van der Waals surface area contributed by atoms with Gasteiger partial charge < -0.3 is 14.6 Å². The second-order valence-corrected chi connectivity index (χ2v) is 3.14. The minimum absolute atomic E-state index is 0.126. The molecule has 0 aromatic rings. The van der Waals surface area contributed by atoms with E-state index < -0.39 is 0 Å². The van der Waals surface area contributed by atoms with Crippen LogP contribution in [0.3, 0.4) is 0 Å². The molecule has 1 N–H and O–H groups in total. The van der Waals surface area contributed by atoms with E-state index in [2.05, 4.69) is 0 Å². The number of hydrogen-bond donors (Lipinski definition) is 1. The first kappa shape index (κ1) is 12.9. The first-order valence-electron chi connectivity index (χ1n) is 5.06. The van der Waals surface area contributed by atoms with Gasteiger partial charge in [0, 0.05) is 32.3 Å². The van der Waals surface area contributed by atoms with Crippen molar-refractivity contribution in [3.8, 4) is 0 Å². The normalized spacial score (nSPS) is 15.7. The van der Waals surface area contributed by atoms with Crippen LogP contribution >= 0.6 is 0 Å². The highest BCUT2D eigenvalue weighted by Gasteiger charge is 2.15. The van der Waals surface area contributed by atoms with E-state index in [-0.39, 0.29) is 18.6 Å². The molecule has 3 heteroatoms. The molecule has 80 valence electrons. The summed E-state index contributed by atoms with van der Waals surface area (Å²) < 4.78 is 10.7. The Morgan fingerprint density at radius 1 is 1.23 bits per heavy atom. The summed E-state index contributed by atoms with van der Waals surface area (Å²) in [6.07, 6.45) is 0.991. The Balaban J connectivity index is 3.65. The summed E-state index contributed by atoms with van der Waals surface area (Å²) in [5.41, 5.74) is 0. The third-order valence-corrected chi connectivity index (χ3v) is 2.05. The molecule has 13 heavy (non-hydrogen) atoms. The van der Waals surface area contributed by atoms with Gasteiger partial charge in [0.05, 0.1) is 6.10 Å². The zero-order chi connectivity index (χ0) is 10.1. The molecule has 0 aromatic carbocycles. The van der Waals surface area contributed by atoms with Crippen molar-refractivity contribution < 1.29 is 14.6 Å². The van der Waals surface area contributed by atoms with E-state index in [1.165, 1.54) is 0 Å². The lowest BCUT2D eigenvalue weighted by atomic mass is 10.0. The molecular formula is C10H22O3. The van der Waals surface area contributed by atoms with Crippen molar-refractivity contribution in [2.24, 2.45) is 5.92 Å².